The summed E-state index contributed by atoms with van der Waals surface area (Å²) in [6.07, 6.45) is 1.43. The number of hydrogen-bond acceptors (Lipinski definition) is 1. The summed E-state index contributed by atoms with van der Waals surface area (Å²) < 4.78 is 57.7. The van der Waals surface area contributed by atoms with Crippen molar-refractivity contribution in [3.63, 3.8) is 0 Å². The van der Waals surface area contributed by atoms with Crippen molar-refractivity contribution in [1.29, 1.82) is 0 Å². The maximum atomic E-state index is 14.6. The first-order valence-corrected chi connectivity index (χ1v) is 10.1. The number of halogens is 4. The topological polar surface area (TPSA) is 17.8 Å². The third-order valence-corrected chi connectivity index (χ3v) is 6.71. The standard InChI is InChI=1S/C22H15F4N2P/c1-14-13-28(21-18(24)12-17(23)19(25)20(21)26)22(27-14)29(15-8-4-2-5-9-15)16-10-6-3-7-11-16/h2-13H,1H3. The first kappa shape index (κ1) is 19.3. The summed E-state index contributed by atoms with van der Waals surface area (Å²) in [7, 11) is -1.31. The second-order valence-electron chi connectivity index (χ2n) is 6.38. The predicted octanol–water partition coefficient (Wildman–Crippen LogP) is 4.50. The molecule has 1 aromatic heterocycles. The minimum absolute atomic E-state index is 0.347. The van der Waals surface area contributed by atoms with Crippen LogP contribution in [0.2, 0.25) is 0 Å². The van der Waals surface area contributed by atoms with Gasteiger partial charge >= 0.3 is 0 Å². The van der Waals surface area contributed by atoms with Crippen LogP contribution in [0.3, 0.4) is 0 Å². The molecule has 0 fully saturated rings. The van der Waals surface area contributed by atoms with Crippen molar-refractivity contribution >= 4 is 24.1 Å². The van der Waals surface area contributed by atoms with E-state index in [4.69, 9.17) is 0 Å². The highest BCUT2D eigenvalue weighted by Gasteiger charge is 2.27. The van der Waals surface area contributed by atoms with Crippen LogP contribution in [-0.2, 0) is 0 Å². The van der Waals surface area contributed by atoms with E-state index < -0.39 is 36.9 Å². The van der Waals surface area contributed by atoms with Crippen molar-refractivity contribution in [1.82, 2.24) is 9.55 Å². The normalized spacial score (nSPS) is 11.2. The van der Waals surface area contributed by atoms with Crippen molar-refractivity contribution in [2.45, 2.75) is 6.92 Å². The summed E-state index contributed by atoms with van der Waals surface area (Å²) in [5, 5.41) is 1.81. The molecule has 146 valence electrons. The number of hydrogen-bond donors (Lipinski definition) is 0. The van der Waals surface area contributed by atoms with Crippen LogP contribution < -0.4 is 16.2 Å². The molecule has 0 spiro atoms. The SMILES string of the molecule is Cc1cn(-c2c(F)cc(F)c(F)c2F)c(P(c2ccccc2)c2ccccc2)n1. The predicted molar refractivity (Wildman–Crippen MR) is 107 cm³/mol. The van der Waals surface area contributed by atoms with Crippen LogP contribution in [0.4, 0.5) is 17.6 Å². The van der Waals surface area contributed by atoms with E-state index in [0.29, 0.717) is 17.3 Å². The lowest BCUT2D eigenvalue weighted by atomic mass is 10.2. The van der Waals surface area contributed by atoms with Gasteiger partial charge in [-0.1, -0.05) is 60.7 Å². The summed E-state index contributed by atoms with van der Waals surface area (Å²) in [6, 6.07) is 19.2. The van der Waals surface area contributed by atoms with Gasteiger partial charge in [0, 0.05) is 20.2 Å². The smallest absolute Gasteiger partial charge is 0.196 e. The van der Waals surface area contributed by atoms with Crippen LogP contribution in [0.15, 0.2) is 72.9 Å². The second kappa shape index (κ2) is 7.80. The molecule has 0 aliphatic heterocycles. The van der Waals surface area contributed by atoms with Crippen molar-refractivity contribution < 1.29 is 17.6 Å². The molecule has 4 aromatic rings. The van der Waals surface area contributed by atoms with Gasteiger partial charge in [0.15, 0.2) is 23.3 Å². The van der Waals surface area contributed by atoms with E-state index in [0.717, 1.165) is 10.6 Å². The Morgan fingerprint density at radius 1 is 0.759 bits per heavy atom. The average molecular weight is 414 g/mol. The van der Waals surface area contributed by atoms with Crippen molar-refractivity contribution in [2.24, 2.45) is 0 Å². The van der Waals surface area contributed by atoms with Gasteiger partial charge in [0.05, 0.1) is 5.69 Å². The molecule has 2 nitrogen and oxygen atoms in total. The molecule has 1 heterocycles. The fraction of sp³-hybridized carbons (Fsp3) is 0.0455. The Morgan fingerprint density at radius 2 is 1.31 bits per heavy atom. The first-order valence-electron chi connectivity index (χ1n) is 8.77. The molecule has 0 amide bonds. The zero-order chi connectivity index (χ0) is 20.5. The Balaban J connectivity index is 2.00. The van der Waals surface area contributed by atoms with E-state index in [1.807, 2.05) is 60.7 Å². The van der Waals surface area contributed by atoms with Crippen LogP contribution in [0.25, 0.3) is 5.69 Å². The molecule has 0 unspecified atom stereocenters. The number of nitrogens with zero attached hydrogens (tertiary/aromatic N) is 2. The molecule has 0 atom stereocenters. The molecule has 0 aliphatic carbocycles. The minimum Gasteiger partial charge on any atom is -0.294 e. The number of imidazole rings is 1. The van der Waals surface area contributed by atoms with Crippen molar-refractivity contribution in [3.05, 3.63) is 102 Å². The highest BCUT2D eigenvalue weighted by molar-refractivity contribution is 7.79. The average Bonchev–Trinajstić information content (AvgIpc) is 3.09. The van der Waals surface area contributed by atoms with Crippen molar-refractivity contribution in [3.8, 4) is 5.69 Å². The molecule has 7 heteroatoms. The second-order valence-corrected chi connectivity index (χ2v) is 8.48. The van der Waals surface area contributed by atoms with Gasteiger partial charge in [-0.05, 0) is 17.5 Å². The van der Waals surface area contributed by atoms with Gasteiger partial charge in [0.2, 0.25) is 0 Å². The first-order chi connectivity index (χ1) is 14.0. The van der Waals surface area contributed by atoms with Crippen molar-refractivity contribution in [2.75, 3.05) is 0 Å². The monoisotopic (exact) mass is 414 g/mol. The van der Waals surface area contributed by atoms with E-state index in [9.17, 15) is 17.6 Å². The number of aromatic nitrogens is 2. The Morgan fingerprint density at radius 3 is 1.86 bits per heavy atom. The molecule has 0 saturated heterocycles. The van der Waals surface area contributed by atoms with Gasteiger partial charge in [-0.15, -0.1) is 0 Å². The highest BCUT2D eigenvalue weighted by Crippen LogP contribution is 2.34. The number of rotatable bonds is 4. The largest absolute Gasteiger partial charge is 0.294 e. The Hall–Kier alpha value is -2.98. The number of aryl methyl sites for hydroxylation is 1. The molecule has 0 N–H and O–H groups in total. The maximum Gasteiger partial charge on any atom is 0.196 e. The van der Waals surface area contributed by atoms with E-state index >= 15 is 0 Å². The third-order valence-electron chi connectivity index (χ3n) is 4.37. The Kier molecular flexibility index (Phi) is 5.20. The van der Waals surface area contributed by atoms with Gasteiger partial charge < -0.3 is 0 Å². The van der Waals surface area contributed by atoms with Crippen LogP contribution in [0.1, 0.15) is 5.69 Å². The lowest BCUT2D eigenvalue weighted by molar-refractivity contribution is 0.431. The number of benzene rings is 3. The van der Waals surface area contributed by atoms with Gasteiger partial charge in [-0.2, -0.15) is 0 Å². The highest BCUT2D eigenvalue weighted by atomic mass is 31.1. The molecule has 29 heavy (non-hydrogen) atoms. The zero-order valence-electron chi connectivity index (χ0n) is 15.3. The van der Waals surface area contributed by atoms with Crippen LogP contribution in [0, 0.1) is 30.2 Å². The fourth-order valence-electron chi connectivity index (χ4n) is 3.12. The Bertz CT molecular complexity index is 1120. The molecule has 4 rings (SSSR count). The van der Waals surface area contributed by atoms with Crippen LogP contribution >= 0.6 is 7.92 Å². The van der Waals surface area contributed by atoms with Crippen LogP contribution in [0.5, 0.6) is 0 Å². The minimum atomic E-state index is -1.72. The van der Waals surface area contributed by atoms with E-state index in [1.165, 1.54) is 10.8 Å². The van der Waals surface area contributed by atoms with Crippen LogP contribution in [-0.4, -0.2) is 9.55 Å². The van der Waals surface area contributed by atoms with Gasteiger partial charge in [-0.25, -0.2) is 22.5 Å². The third kappa shape index (κ3) is 3.56. The van der Waals surface area contributed by atoms with E-state index in [1.54, 1.807) is 6.92 Å². The summed E-state index contributed by atoms with van der Waals surface area (Å²) in [5.74, 6) is -6.08. The molecular weight excluding hydrogens is 399 g/mol. The molecule has 0 aliphatic rings. The Labute approximate surface area is 166 Å². The lowest BCUT2D eigenvalue weighted by Crippen LogP contribution is -2.28. The lowest BCUT2D eigenvalue weighted by Gasteiger charge is -2.20. The summed E-state index contributed by atoms with van der Waals surface area (Å²) in [4.78, 5) is 4.52. The fourth-order valence-corrected chi connectivity index (χ4v) is 5.45. The van der Waals surface area contributed by atoms with E-state index in [-0.39, 0.29) is 0 Å². The quantitative estimate of drug-likeness (QED) is 0.208. The summed E-state index contributed by atoms with van der Waals surface area (Å²) in [6.45, 7) is 1.68. The van der Waals surface area contributed by atoms with Gasteiger partial charge in [-0.3, -0.25) is 4.57 Å². The molecular formula is C22H15F4N2P. The molecule has 0 radical (unpaired) electrons. The maximum absolute atomic E-state index is 14.6. The zero-order valence-corrected chi connectivity index (χ0v) is 16.2. The molecule has 3 aromatic carbocycles. The molecule has 0 bridgehead atoms. The van der Waals surface area contributed by atoms with E-state index in [2.05, 4.69) is 4.98 Å². The van der Waals surface area contributed by atoms with Gasteiger partial charge in [0.1, 0.15) is 11.3 Å². The summed E-state index contributed by atoms with van der Waals surface area (Å²) in [5.41, 5.74) is 0.181. The van der Waals surface area contributed by atoms with Gasteiger partial charge in [0.25, 0.3) is 0 Å². The molecule has 0 saturated carbocycles. The summed E-state index contributed by atoms with van der Waals surface area (Å²) >= 11 is 0.